The summed E-state index contributed by atoms with van der Waals surface area (Å²) >= 11 is 11.4. The molecule has 0 bridgehead atoms. The Morgan fingerprint density at radius 1 is 1.11 bits per heavy atom. The van der Waals surface area contributed by atoms with Gasteiger partial charge in [-0.1, -0.05) is 65.2 Å². The molecule has 2 aromatic rings. The zero-order valence-electron chi connectivity index (χ0n) is 10.6. The van der Waals surface area contributed by atoms with Crippen LogP contribution >= 0.6 is 23.2 Å². The second-order valence-electron chi connectivity index (χ2n) is 4.25. The van der Waals surface area contributed by atoms with Crippen LogP contribution in [-0.4, -0.2) is 0 Å². The summed E-state index contributed by atoms with van der Waals surface area (Å²) in [4.78, 5) is 0. The molecule has 0 spiro atoms. The largest absolute Gasteiger partial charge is 0.488 e. The molecule has 0 radical (unpaired) electrons. The van der Waals surface area contributed by atoms with E-state index in [1.165, 1.54) is 0 Å². The third-order valence-electron chi connectivity index (χ3n) is 2.67. The number of hydrogen-bond acceptors (Lipinski definition) is 1. The summed E-state index contributed by atoms with van der Waals surface area (Å²) in [6.45, 7) is 2.53. The van der Waals surface area contributed by atoms with Gasteiger partial charge in [-0.2, -0.15) is 0 Å². The third kappa shape index (κ3) is 4.30. The lowest BCUT2D eigenvalue weighted by molar-refractivity contribution is 0.305. The average molecular weight is 293 g/mol. The van der Waals surface area contributed by atoms with Gasteiger partial charge in [-0.25, -0.2) is 0 Å². The van der Waals surface area contributed by atoms with Gasteiger partial charge >= 0.3 is 0 Å². The first-order chi connectivity index (χ1) is 9.15. The summed E-state index contributed by atoms with van der Waals surface area (Å²) in [6.07, 6.45) is 1.69. The molecule has 98 valence electrons. The highest BCUT2D eigenvalue weighted by molar-refractivity contribution is 6.57. The topological polar surface area (TPSA) is 9.23 Å². The van der Waals surface area contributed by atoms with E-state index < -0.39 is 0 Å². The smallest absolute Gasteiger partial charge is 0.127 e. The fourth-order valence-electron chi connectivity index (χ4n) is 1.76. The van der Waals surface area contributed by atoms with Crippen LogP contribution in [-0.2, 0) is 6.61 Å². The van der Waals surface area contributed by atoms with E-state index in [1.807, 2.05) is 55.5 Å². The molecule has 0 heterocycles. The van der Waals surface area contributed by atoms with E-state index in [1.54, 1.807) is 6.08 Å². The second-order valence-corrected chi connectivity index (χ2v) is 5.26. The normalized spacial score (nSPS) is 10.1. The van der Waals surface area contributed by atoms with Crippen molar-refractivity contribution in [3.63, 3.8) is 0 Å². The minimum Gasteiger partial charge on any atom is -0.488 e. The van der Waals surface area contributed by atoms with Gasteiger partial charge in [0.05, 0.1) is 0 Å². The van der Waals surface area contributed by atoms with Gasteiger partial charge in [0.25, 0.3) is 0 Å². The van der Waals surface area contributed by atoms with Gasteiger partial charge in [0, 0.05) is 5.56 Å². The molecule has 3 heteroatoms. The van der Waals surface area contributed by atoms with E-state index in [0.29, 0.717) is 6.61 Å². The van der Waals surface area contributed by atoms with Crippen molar-refractivity contribution < 1.29 is 4.74 Å². The van der Waals surface area contributed by atoms with Crippen molar-refractivity contribution in [2.45, 2.75) is 13.5 Å². The maximum absolute atomic E-state index is 5.82. The van der Waals surface area contributed by atoms with E-state index in [9.17, 15) is 0 Å². The quantitative estimate of drug-likeness (QED) is 0.738. The maximum Gasteiger partial charge on any atom is 0.127 e. The molecular formula is C16H14Cl2O. The molecule has 19 heavy (non-hydrogen) atoms. The Morgan fingerprint density at radius 2 is 1.84 bits per heavy atom. The Balaban J connectivity index is 2.18. The molecule has 2 aromatic carbocycles. The monoisotopic (exact) mass is 292 g/mol. The lowest BCUT2D eigenvalue weighted by Gasteiger charge is -2.10. The Kier molecular flexibility index (Phi) is 4.89. The molecule has 0 aliphatic carbocycles. The zero-order valence-corrected chi connectivity index (χ0v) is 12.1. The van der Waals surface area contributed by atoms with Crippen molar-refractivity contribution in [3.05, 3.63) is 69.7 Å². The highest BCUT2D eigenvalue weighted by Crippen LogP contribution is 2.25. The Bertz CT molecular complexity index is 573. The van der Waals surface area contributed by atoms with Crippen LogP contribution in [0.15, 0.2) is 53.0 Å². The van der Waals surface area contributed by atoms with Crippen molar-refractivity contribution >= 4 is 29.3 Å². The van der Waals surface area contributed by atoms with Crippen molar-refractivity contribution in [2.24, 2.45) is 0 Å². The minimum absolute atomic E-state index is 0.218. The predicted molar refractivity (Wildman–Crippen MR) is 81.6 cm³/mol. The molecule has 0 N–H and O–H groups in total. The Hall–Kier alpha value is -1.44. The van der Waals surface area contributed by atoms with Gasteiger partial charge < -0.3 is 4.74 Å². The van der Waals surface area contributed by atoms with Crippen LogP contribution in [0, 0.1) is 6.92 Å². The van der Waals surface area contributed by atoms with Crippen LogP contribution in [0.5, 0.6) is 5.75 Å². The van der Waals surface area contributed by atoms with Crippen molar-refractivity contribution in [1.29, 1.82) is 0 Å². The van der Waals surface area contributed by atoms with Crippen LogP contribution in [0.3, 0.4) is 0 Å². The summed E-state index contributed by atoms with van der Waals surface area (Å²) < 4.78 is 6.03. The first kappa shape index (κ1) is 14.0. The van der Waals surface area contributed by atoms with Crippen LogP contribution in [0.2, 0.25) is 0 Å². The molecule has 2 rings (SSSR count). The van der Waals surface area contributed by atoms with Gasteiger partial charge in [-0.15, -0.1) is 0 Å². The summed E-state index contributed by atoms with van der Waals surface area (Å²) in [5.41, 5.74) is 3.14. The Labute approximate surface area is 123 Å². The Morgan fingerprint density at radius 3 is 2.53 bits per heavy atom. The molecule has 0 atom stereocenters. The summed E-state index contributed by atoms with van der Waals surface area (Å²) in [7, 11) is 0. The summed E-state index contributed by atoms with van der Waals surface area (Å²) in [5, 5.41) is 0. The highest BCUT2D eigenvalue weighted by atomic mass is 35.5. The third-order valence-corrected chi connectivity index (χ3v) is 2.89. The van der Waals surface area contributed by atoms with Crippen LogP contribution in [0.25, 0.3) is 6.08 Å². The predicted octanol–water partition coefficient (Wildman–Crippen LogP) is 5.35. The molecule has 0 fully saturated rings. The minimum atomic E-state index is 0.218. The number of benzene rings is 2. The number of ether oxygens (including phenoxy) is 1. The standard InChI is InChI=1S/C16H14Cl2O/c1-12-7-8-15(14(9-12)10-16(17)18)19-11-13-5-3-2-4-6-13/h2-10H,11H2,1H3. The van der Waals surface area contributed by atoms with Gasteiger partial charge in [0.1, 0.15) is 16.8 Å². The molecule has 0 aliphatic rings. The van der Waals surface area contributed by atoms with Crippen LogP contribution in [0.1, 0.15) is 16.7 Å². The first-order valence-electron chi connectivity index (χ1n) is 5.95. The molecule has 0 aliphatic heterocycles. The van der Waals surface area contributed by atoms with E-state index in [-0.39, 0.29) is 4.49 Å². The van der Waals surface area contributed by atoms with Gasteiger partial charge in [0.15, 0.2) is 0 Å². The fraction of sp³-hybridized carbons (Fsp3) is 0.125. The SMILES string of the molecule is Cc1ccc(OCc2ccccc2)c(C=C(Cl)Cl)c1. The number of rotatable bonds is 4. The fourth-order valence-corrected chi connectivity index (χ4v) is 2.00. The van der Waals surface area contributed by atoms with Gasteiger partial charge in [-0.05, 0) is 30.7 Å². The average Bonchev–Trinajstić information content (AvgIpc) is 2.38. The summed E-state index contributed by atoms with van der Waals surface area (Å²) in [6, 6.07) is 15.9. The molecule has 1 nitrogen and oxygen atoms in total. The molecule has 0 saturated carbocycles. The number of halogens is 2. The van der Waals surface area contributed by atoms with Crippen LogP contribution in [0.4, 0.5) is 0 Å². The van der Waals surface area contributed by atoms with Crippen LogP contribution < -0.4 is 4.74 Å². The second kappa shape index (κ2) is 6.65. The lowest BCUT2D eigenvalue weighted by Crippen LogP contribution is -1.97. The zero-order chi connectivity index (χ0) is 13.7. The van der Waals surface area contributed by atoms with E-state index in [4.69, 9.17) is 27.9 Å². The lowest BCUT2D eigenvalue weighted by atomic mass is 10.1. The van der Waals surface area contributed by atoms with Gasteiger partial charge in [-0.3, -0.25) is 0 Å². The van der Waals surface area contributed by atoms with E-state index in [0.717, 1.165) is 22.4 Å². The number of aryl methyl sites for hydroxylation is 1. The molecule has 0 amide bonds. The number of hydrogen-bond donors (Lipinski definition) is 0. The van der Waals surface area contributed by atoms with Crippen molar-refractivity contribution in [2.75, 3.05) is 0 Å². The van der Waals surface area contributed by atoms with E-state index >= 15 is 0 Å². The first-order valence-corrected chi connectivity index (χ1v) is 6.71. The molecular weight excluding hydrogens is 279 g/mol. The summed E-state index contributed by atoms with van der Waals surface area (Å²) in [5.74, 6) is 0.772. The van der Waals surface area contributed by atoms with Gasteiger partial charge in [0.2, 0.25) is 0 Å². The van der Waals surface area contributed by atoms with Crippen molar-refractivity contribution in [3.8, 4) is 5.75 Å². The molecule has 0 aromatic heterocycles. The molecule has 0 saturated heterocycles. The van der Waals surface area contributed by atoms with Crippen molar-refractivity contribution in [1.82, 2.24) is 0 Å². The maximum atomic E-state index is 5.82. The van der Waals surface area contributed by atoms with E-state index in [2.05, 4.69) is 0 Å². The highest BCUT2D eigenvalue weighted by Gasteiger charge is 2.03. The molecule has 0 unspecified atom stereocenters.